The highest BCUT2D eigenvalue weighted by Crippen LogP contribution is 2.41. The maximum absolute atomic E-state index is 12.1. The van der Waals surface area contributed by atoms with Crippen molar-refractivity contribution in [2.75, 3.05) is 0 Å². The Morgan fingerprint density at radius 2 is 1.87 bits per heavy atom. The normalized spacial score (nSPS) is 16.4. The van der Waals surface area contributed by atoms with Gasteiger partial charge in [-0.2, -0.15) is 0 Å². The van der Waals surface area contributed by atoms with E-state index in [0.29, 0.717) is 12.3 Å². The van der Waals surface area contributed by atoms with Gasteiger partial charge >= 0.3 is 5.76 Å². The molecule has 2 aromatic carbocycles. The summed E-state index contributed by atoms with van der Waals surface area (Å²) >= 11 is 3.48. The van der Waals surface area contributed by atoms with Crippen LogP contribution in [0, 0.1) is 0 Å². The fourth-order valence-electron chi connectivity index (χ4n) is 3.26. The lowest BCUT2D eigenvalue weighted by atomic mass is 9.72. The van der Waals surface area contributed by atoms with Crippen molar-refractivity contribution in [2.24, 2.45) is 0 Å². The van der Waals surface area contributed by atoms with Crippen LogP contribution < -0.4 is 11.1 Å². The van der Waals surface area contributed by atoms with E-state index >= 15 is 0 Å². The topological polar surface area (TPSA) is 47.2 Å². The van der Waals surface area contributed by atoms with Gasteiger partial charge in [-0.1, -0.05) is 40.2 Å². The van der Waals surface area contributed by atoms with Gasteiger partial charge in [0, 0.05) is 10.0 Å². The number of aromatic nitrogens is 1. The van der Waals surface area contributed by atoms with Gasteiger partial charge in [0.05, 0.1) is 12.2 Å². The zero-order chi connectivity index (χ0) is 15.9. The summed E-state index contributed by atoms with van der Waals surface area (Å²) in [5.41, 5.74) is 2.69. The van der Waals surface area contributed by atoms with Gasteiger partial charge < -0.3 is 4.42 Å². The van der Waals surface area contributed by atoms with Crippen molar-refractivity contribution in [2.45, 2.75) is 31.5 Å². The first-order valence-corrected chi connectivity index (χ1v) is 8.57. The minimum Gasteiger partial charge on any atom is -0.408 e. The second kappa shape index (κ2) is 5.65. The van der Waals surface area contributed by atoms with Crippen LogP contribution in [0.5, 0.6) is 0 Å². The van der Waals surface area contributed by atoms with E-state index in [-0.39, 0.29) is 11.3 Å². The van der Waals surface area contributed by atoms with Crippen LogP contribution in [0.25, 0.3) is 11.1 Å². The van der Waals surface area contributed by atoms with Crippen molar-refractivity contribution in [3.8, 4) is 0 Å². The predicted octanol–water partition coefficient (Wildman–Crippen LogP) is 3.98. The molecule has 0 atom stereocenters. The molecule has 1 aliphatic carbocycles. The van der Waals surface area contributed by atoms with E-state index < -0.39 is 0 Å². The molecule has 1 heterocycles. The van der Waals surface area contributed by atoms with E-state index in [4.69, 9.17) is 4.42 Å². The molecule has 1 saturated carbocycles. The molecule has 0 aliphatic heterocycles. The quantitative estimate of drug-likeness (QED) is 0.753. The second-order valence-corrected chi connectivity index (χ2v) is 6.96. The average molecular weight is 373 g/mol. The number of fused-ring (bicyclic) bond motifs is 1. The van der Waals surface area contributed by atoms with Gasteiger partial charge in [-0.25, -0.2) is 4.79 Å². The third kappa shape index (κ3) is 2.54. The Bertz CT molecular complexity index is 891. The Hall–Kier alpha value is -1.85. The van der Waals surface area contributed by atoms with Crippen molar-refractivity contribution in [3.63, 3.8) is 0 Å². The first-order valence-electron chi connectivity index (χ1n) is 7.77. The Morgan fingerprint density at radius 3 is 2.57 bits per heavy atom. The minimum atomic E-state index is -0.316. The van der Waals surface area contributed by atoms with Gasteiger partial charge in [0.15, 0.2) is 5.58 Å². The number of para-hydroxylation sites is 2. The van der Waals surface area contributed by atoms with Crippen LogP contribution in [0.4, 0.5) is 0 Å². The molecule has 23 heavy (non-hydrogen) atoms. The summed E-state index contributed by atoms with van der Waals surface area (Å²) in [7, 11) is 0. The first-order chi connectivity index (χ1) is 11.2. The third-order valence-corrected chi connectivity index (χ3v) is 5.28. The Balaban J connectivity index is 1.63. The third-order valence-electron chi connectivity index (χ3n) is 4.75. The summed E-state index contributed by atoms with van der Waals surface area (Å²) in [6, 6.07) is 15.9. The highest BCUT2D eigenvalue weighted by molar-refractivity contribution is 9.10. The maximum Gasteiger partial charge on any atom is 0.421 e. The first kappa shape index (κ1) is 14.7. The van der Waals surface area contributed by atoms with Gasteiger partial charge in [-0.05, 0) is 49.1 Å². The molecule has 1 N–H and O–H groups in total. The lowest BCUT2D eigenvalue weighted by molar-refractivity contribution is 0.169. The van der Waals surface area contributed by atoms with E-state index in [1.807, 2.05) is 24.3 Å². The van der Waals surface area contributed by atoms with Crippen LogP contribution in [0.2, 0.25) is 0 Å². The summed E-state index contributed by atoms with van der Waals surface area (Å²) in [6.07, 6.45) is 3.36. The Kier molecular flexibility index (Phi) is 3.62. The fourth-order valence-corrected chi connectivity index (χ4v) is 3.53. The summed E-state index contributed by atoms with van der Waals surface area (Å²) < 4.78 is 8.04. The van der Waals surface area contributed by atoms with Crippen LogP contribution in [0.3, 0.4) is 0 Å². The molecule has 3 aromatic rings. The van der Waals surface area contributed by atoms with E-state index in [9.17, 15) is 4.79 Å². The number of oxazole rings is 1. The maximum atomic E-state index is 12.1. The van der Waals surface area contributed by atoms with Gasteiger partial charge in [-0.15, -0.1) is 0 Å². The number of halogens is 1. The lowest BCUT2D eigenvalue weighted by Crippen LogP contribution is -2.49. The summed E-state index contributed by atoms with van der Waals surface area (Å²) in [4.78, 5) is 12.1. The van der Waals surface area contributed by atoms with Crippen LogP contribution >= 0.6 is 15.9 Å². The van der Waals surface area contributed by atoms with Crippen LogP contribution in [0.1, 0.15) is 24.8 Å². The second-order valence-electron chi connectivity index (χ2n) is 6.04. The van der Waals surface area contributed by atoms with Crippen molar-refractivity contribution >= 4 is 27.0 Å². The standard InChI is InChI=1S/C18H17BrN2O2/c19-14-8-6-13(7-9-14)18(10-3-11-18)20-12-21-15-4-1-2-5-16(15)23-17(21)22/h1-2,4-9,20H,3,10-12H2. The average Bonchev–Trinajstić information content (AvgIpc) is 2.84. The van der Waals surface area contributed by atoms with Crippen LogP contribution in [-0.2, 0) is 12.2 Å². The van der Waals surface area contributed by atoms with E-state index in [1.54, 1.807) is 4.57 Å². The number of nitrogens with zero attached hydrogens (tertiary/aromatic N) is 1. The lowest BCUT2D eigenvalue weighted by Gasteiger charge is -2.43. The zero-order valence-corrected chi connectivity index (χ0v) is 14.2. The van der Waals surface area contributed by atoms with Gasteiger partial charge in [-0.3, -0.25) is 9.88 Å². The number of nitrogens with one attached hydrogen (secondary N) is 1. The van der Waals surface area contributed by atoms with Crippen LogP contribution in [-0.4, -0.2) is 4.57 Å². The Morgan fingerprint density at radius 1 is 1.13 bits per heavy atom. The van der Waals surface area contributed by atoms with Gasteiger partial charge in [0.1, 0.15) is 0 Å². The molecule has 0 saturated heterocycles. The van der Waals surface area contributed by atoms with Gasteiger partial charge in [0.2, 0.25) is 0 Å². The molecular formula is C18H17BrN2O2. The van der Waals surface area contributed by atoms with Crippen molar-refractivity contribution in [1.29, 1.82) is 0 Å². The molecule has 1 aromatic heterocycles. The van der Waals surface area contributed by atoms with Gasteiger partial charge in [0.25, 0.3) is 0 Å². The molecule has 0 unspecified atom stereocenters. The van der Waals surface area contributed by atoms with E-state index in [2.05, 4.69) is 45.5 Å². The molecule has 4 nitrogen and oxygen atoms in total. The molecule has 0 spiro atoms. The number of hydrogen-bond acceptors (Lipinski definition) is 3. The van der Waals surface area contributed by atoms with Crippen molar-refractivity contribution in [3.05, 3.63) is 69.1 Å². The Labute approximate surface area is 142 Å². The monoisotopic (exact) mass is 372 g/mol. The fraction of sp³-hybridized carbons (Fsp3) is 0.278. The smallest absolute Gasteiger partial charge is 0.408 e. The number of benzene rings is 2. The molecular weight excluding hydrogens is 356 g/mol. The van der Waals surface area contributed by atoms with Crippen LogP contribution in [0.15, 0.2) is 62.2 Å². The molecule has 0 radical (unpaired) electrons. The minimum absolute atomic E-state index is 0.0431. The highest BCUT2D eigenvalue weighted by Gasteiger charge is 2.38. The summed E-state index contributed by atoms with van der Waals surface area (Å²) in [6.45, 7) is 0.450. The van der Waals surface area contributed by atoms with Crippen molar-refractivity contribution in [1.82, 2.24) is 9.88 Å². The van der Waals surface area contributed by atoms with E-state index in [0.717, 1.165) is 22.8 Å². The molecule has 1 fully saturated rings. The molecule has 0 amide bonds. The summed E-state index contributed by atoms with van der Waals surface area (Å²) in [5.74, 6) is -0.316. The zero-order valence-electron chi connectivity index (χ0n) is 12.6. The predicted molar refractivity (Wildman–Crippen MR) is 93.3 cm³/mol. The number of rotatable bonds is 4. The molecule has 0 bridgehead atoms. The molecule has 5 heteroatoms. The molecule has 4 rings (SSSR count). The SMILES string of the molecule is O=c1oc2ccccc2n1CNC1(c2ccc(Br)cc2)CCC1. The molecule has 1 aliphatic rings. The van der Waals surface area contributed by atoms with E-state index in [1.165, 1.54) is 12.0 Å². The van der Waals surface area contributed by atoms with Crippen molar-refractivity contribution < 1.29 is 4.42 Å². The summed E-state index contributed by atoms with van der Waals surface area (Å²) in [5, 5.41) is 3.59. The highest BCUT2D eigenvalue weighted by atomic mass is 79.9. The molecule has 118 valence electrons. The number of hydrogen-bond donors (Lipinski definition) is 1. The largest absolute Gasteiger partial charge is 0.421 e.